The molecule has 0 aliphatic rings. The molecule has 8 nitrogen and oxygen atoms in total. The molecule has 9 heteroatoms. The van der Waals surface area contributed by atoms with Crippen LogP contribution < -0.4 is 16.0 Å². The number of rotatable bonds is 8. The number of aryl methyl sites for hydroxylation is 1. The fourth-order valence-electron chi connectivity index (χ4n) is 1.95. The molecule has 1 aromatic rings. The van der Waals surface area contributed by atoms with Gasteiger partial charge in [-0.25, -0.2) is 13.2 Å². The van der Waals surface area contributed by atoms with Crippen molar-refractivity contribution < 1.29 is 18.0 Å². The smallest absolute Gasteiger partial charge is 0.315 e. The molecule has 1 rings (SSSR count). The summed E-state index contributed by atoms with van der Waals surface area (Å²) in [7, 11) is -3.48. The van der Waals surface area contributed by atoms with E-state index in [9.17, 15) is 18.0 Å². The van der Waals surface area contributed by atoms with Crippen molar-refractivity contribution in [2.24, 2.45) is 0 Å². The van der Waals surface area contributed by atoms with Crippen molar-refractivity contribution in [1.29, 1.82) is 5.26 Å². The molecule has 0 saturated heterocycles. The Morgan fingerprint density at radius 1 is 1.20 bits per heavy atom. The zero-order chi connectivity index (χ0) is 18.9. The third-order valence-corrected chi connectivity index (χ3v) is 4.14. The number of hydrogen-bond donors (Lipinski definition) is 3. The first kappa shape index (κ1) is 20.4. The van der Waals surface area contributed by atoms with Gasteiger partial charge in [0.25, 0.3) is 0 Å². The molecule has 0 aliphatic heterocycles. The number of nitriles is 1. The van der Waals surface area contributed by atoms with Crippen LogP contribution in [0.2, 0.25) is 0 Å². The van der Waals surface area contributed by atoms with Crippen LogP contribution in [0.1, 0.15) is 17.5 Å². The minimum atomic E-state index is -3.48. The van der Waals surface area contributed by atoms with E-state index < -0.39 is 33.6 Å². The molecule has 136 valence electrons. The van der Waals surface area contributed by atoms with Gasteiger partial charge in [-0.2, -0.15) is 5.26 Å². The second kappa shape index (κ2) is 9.64. The SMILES string of the molecule is Cc1ccc(CNC(=O)NC(CS(C)(=O)=O)C(=O)NCCC#N)cc1. The first-order chi connectivity index (χ1) is 11.7. The molecule has 0 spiro atoms. The Bertz CT molecular complexity index is 738. The van der Waals surface area contributed by atoms with Crippen LogP contribution in [0.5, 0.6) is 0 Å². The van der Waals surface area contributed by atoms with Gasteiger partial charge in [-0.15, -0.1) is 0 Å². The fraction of sp³-hybridized carbons (Fsp3) is 0.438. The second-order valence-corrected chi connectivity index (χ2v) is 7.84. The van der Waals surface area contributed by atoms with Gasteiger partial charge in [-0.1, -0.05) is 29.8 Å². The summed E-state index contributed by atoms with van der Waals surface area (Å²) in [5.41, 5.74) is 1.97. The number of urea groups is 1. The minimum Gasteiger partial charge on any atom is -0.353 e. The number of hydrogen-bond acceptors (Lipinski definition) is 5. The van der Waals surface area contributed by atoms with E-state index in [0.717, 1.165) is 17.4 Å². The van der Waals surface area contributed by atoms with Crippen molar-refractivity contribution in [2.45, 2.75) is 25.9 Å². The summed E-state index contributed by atoms with van der Waals surface area (Å²) in [5.74, 6) is -1.17. The molecule has 25 heavy (non-hydrogen) atoms. The first-order valence-electron chi connectivity index (χ1n) is 7.63. The number of benzene rings is 1. The summed E-state index contributed by atoms with van der Waals surface area (Å²) >= 11 is 0. The quantitative estimate of drug-likeness (QED) is 0.568. The van der Waals surface area contributed by atoms with E-state index in [-0.39, 0.29) is 19.5 Å². The van der Waals surface area contributed by atoms with Crippen molar-refractivity contribution in [2.75, 3.05) is 18.6 Å². The summed E-state index contributed by atoms with van der Waals surface area (Å²) in [6, 6.07) is 7.51. The average molecular weight is 366 g/mol. The van der Waals surface area contributed by atoms with Gasteiger partial charge >= 0.3 is 6.03 Å². The van der Waals surface area contributed by atoms with Crippen LogP contribution in [0.4, 0.5) is 4.79 Å². The Morgan fingerprint density at radius 3 is 2.40 bits per heavy atom. The monoisotopic (exact) mass is 366 g/mol. The molecule has 0 aliphatic carbocycles. The largest absolute Gasteiger partial charge is 0.353 e. The maximum Gasteiger partial charge on any atom is 0.315 e. The average Bonchev–Trinajstić information content (AvgIpc) is 2.52. The van der Waals surface area contributed by atoms with Gasteiger partial charge in [-0.3, -0.25) is 4.79 Å². The third kappa shape index (κ3) is 8.72. The molecule has 0 aromatic heterocycles. The molecular weight excluding hydrogens is 344 g/mol. The zero-order valence-electron chi connectivity index (χ0n) is 14.2. The van der Waals surface area contributed by atoms with Crippen LogP contribution in [0.3, 0.4) is 0 Å². The highest BCUT2D eigenvalue weighted by atomic mass is 32.2. The van der Waals surface area contributed by atoms with Crippen LogP contribution >= 0.6 is 0 Å². The maximum atomic E-state index is 12.0. The molecule has 3 amide bonds. The highest BCUT2D eigenvalue weighted by Gasteiger charge is 2.24. The highest BCUT2D eigenvalue weighted by Crippen LogP contribution is 2.02. The Hall–Kier alpha value is -2.60. The summed E-state index contributed by atoms with van der Waals surface area (Å²) in [6.45, 7) is 2.28. The lowest BCUT2D eigenvalue weighted by atomic mass is 10.1. The number of nitrogens with zero attached hydrogens (tertiary/aromatic N) is 1. The molecule has 1 unspecified atom stereocenters. The van der Waals surface area contributed by atoms with Crippen LogP contribution in [0.15, 0.2) is 24.3 Å². The first-order valence-corrected chi connectivity index (χ1v) is 9.69. The van der Waals surface area contributed by atoms with E-state index in [2.05, 4.69) is 16.0 Å². The van der Waals surface area contributed by atoms with Crippen molar-refractivity contribution in [3.05, 3.63) is 35.4 Å². The normalized spacial score (nSPS) is 11.9. The molecule has 0 heterocycles. The fourth-order valence-corrected chi connectivity index (χ4v) is 2.79. The number of nitrogens with one attached hydrogen (secondary N) is 3. The number of carbonyl (C=O) groups is 2. The summed E-state index contributed by atoms with van der Waals surface area (Å²) in [5, 5.41) is 15.8. The molecule has 0 saturated carbocycles. The molecule has 1 aromatic carbocycles. The Balaban J connectivity index is 2.62. The number of amides is 3. The highest BCUT2D eigenvalue weighted by molar-refractivity contribution is 7.90. The Kier molecular flexibility index (Phi) is 7.88. The van der Waals surface area contributed by atoms with Crippen molar-refractivity contribution in [1.82, 2.24) is 16.0 Å². The third-order valence-electron chi connectivity index (χ3n) is 3.20. The van der Waals surface area contributed by atoms with Gasteiger partial charge in [0.2, 0.25) is 5.91 Å². The molecule has 0 fully saturated rings. The van der Waals surface area contributed by atoms with Crippen LogP contribution in [-0.2, 0) is 21.2 Å². The lowest BCUT2D eigenvalue weighted by Gasteiger charge is -2.18. The van der Waals surface area contributed by atoms with E-state index >= 15 is 0 Å². The van der Waals surface area contributed by atoms with Crippen molar-refractivity contribution in [3.8, 4) is 6.07 Å². The van der Waals surface area contributed by atoms with Crippen LogP contribution in [-0.4, -0.2) is 45.0 Å². The van der Waals surface area contributed by atoms with Crippen molar-refractivity contribution in [3.63, 3.8) is 0 Å². The van der Waals surface area contributed by atoms with Gasteiger partial charge in [-0.05, 0) is 12.5 Å². The maximum absolute atomic E-state index is 12.0. The topological polar surface area (TPSA) is 128 Å². The molecule has 1 atom stereocenters. The lowest BCUT2D eigenvalue weighted by molar-refractivity contribution is -0.122. The molecule has 0 bridgehead atoms. The van der Waals surface area contributed by atoms with Gasteiger partial charge < -0.3 is 16.0 Å². The van der Waals surface area contributed by atoms with Crippen molar-refractivity contribution >= 4 is 21.8 Å². The predicted molar refractivity (Wildman–Crippen MR) is 93.3 cm³/mol. The van der Waals surface area contributed by atoms with E-state index in [1.165, 1.54) is 0 Å². The van der Waals surface area contributed by atoms with E-state index in [0.29, 0.717) is 0 Å². The summed E-state index contributed by atoms with van der Waals surface area (Å²) in [4.78, 5) is 24.0. The van der Waals surface area contributed by atoms with Gasteiger partial charge in [0.15, 0.2) is 0 Å². The number of carbonyl (C=O) groups excluding carboxylic acids is 2. The lowest BCUT2D eigenvalue weighted by Crippen LogP contribution is -2.53. The molecule has 0 radical (unpaired) electrons. The Morgan fingerprint density at radius 2 is 1.84 bits per heavy atom. The summed E-state index contributed by atoms with van der Waals surface area (Å²) < 4.78 is 22.9. The van der Waals surface area contributed by atoms with E-state index in [1.54, 1.807) is 0 Å². The predicted octanol–water partition coefficient (Wildman–Crippen LogP) is 0.237. The van der Waals surface area contributed by atoms with Gasteiger partial charge in [0.05, 0.1) is 18.2 Å². The zero-order valence-corrected chi connectivity index (χ0v) is 15.0. The minimum absolute atomic E-state index is 0.0856. The number of sulfone groups is 1. The molecular formula is C16H22N4O4S. The standard InChI is InChI=1S/C16H22N4O4S/c1-12-4-6-13(7-5-12)10-19-16(22)20-14(11-25(2,23)24)15(21)18-9-3-8-17/h4-7,14H,3,9-11H2,1-2H3,(H,18,21)(H2,19,20,22). The summed E-state index contributed by atoms with van der Waals surface area (Å²) in [6.07, 6.45) is 1.07. The van der Waals surface area contributed by atoms with Gasteiger partial charge in [0.1, 0.15) is 15.9 Å². The van der Waals surface area contributed by atoms with E-state index in [1.807, 2.05) is 37.3 Å². The molecule has 3 N–H and O–H groups in total. The van der Waals surface area contributed by atoms with E-state index in [4.69, 9.17) is 5.26 Å². The van der Waals surface area contributed by atoms with Crippen LogP contribution in [0, 0.1) is 18.3 Å². The van der Waals surface area contributed by atoms with Crippen LogP contribution in [0.25, 0.3) is 0 Å². The van der Waals surface area contributed by atoms with Gasteiger partial charge in [0, 0.05) is 19.3 Å². The second-order valence-electron chi connectivity index (χ2n) is 5.66. The Labute approximate surface area is 147 Å².